The lowest BCUT2D eigenvalue weighted by atomic mass is 9.84. The van der Waals surface area contributed by atoms with E-state index in [1.807, 2.05) is 0 Å². The third-order valence-corrected chi connectivity index (χ3v) is 3.36. The highest BCUT2D eigenvalue weighted by molar-refractivity contribution is 4.84. The van der Waals surface area contributed by atoms with Gasteiger partial charge in [-0.3, -0.25) is 0 Å². The predicted octanol–water partition coefficient (Wildman–Crippen LogP) is 3.42. The molecular weight excluding hydrogens is 158 g/mol. The molecular formula is C12H23N. The van der Waals surface area contributed by atoms with Crippen LogP contribution in [0.25, 0.3) is 0 Å². The summed E-state index contributed by atoms with van der Waals surface area (Å²) in [5, 5.41) is 0. The molecule has 1 heteroatoms. The van der Waals surface area contributed by atoms with Crippen LogP contribution in [0.2, 0.25) is 0 Å². The van der Waals surface area contributed by atoms with Crippen LogP contribution in [0.1, 0.15) is 46.0 Å². The van der Waals surface area contributed by atoms with Crippen LogP contribution in [0.4, 0.5) is 0 Å². The van der Waals surface area contributed by atoms with Crippen LogP contribution in [0, 0.1) is 5.92 Å². The minimum Gasteiger partial charge on any atom is -0.378 e. The Hall–Kier alpha value is -0.460. The fourth-order valence-corrected chi connectivity index (χ4v) is 2.32. The molecule has 1 aliphatic rings. The second kappa shape index (κ2) is 5.31. The molecule has 0 saturated heterocycles. The van der Waals surface area contributed by atoms with Crippen LogP contribution < -0.4 is 0 Å². The molecule has 0 aromatic heterocycles. The summed E-state index contributed by atoms with van der Waals surface area (Å²) in [6.45, 7) is 4.44. The highest BCUT2D eigenvalue weighted by Gasteiger charge is 2.21. The van der Waals surface area contributed by atoms with E-state index in [1.54, 1.807) is 0 Å². The van der Waals surface area contributed by atoms with Gasteiger partial charge in [0, 0.05) is 13.1 Å². The summed E-state index contributed by atoms with van der Waals surface area (Å²) in [6, 6.07) is 0.719. The van der Waals surface area contributed by atoms with E-state index in [4.69, 9.17) is 0 Å². The summed E-state index contributed by atoms with van der Waals surface area (Å²) in [4.78, 5) is 2.36. The molecule has 0 radical (unpaired) electrons. The molecule has 0 heterocycles. The van der Waals surface area contributed by atoms with E-state index < -0.39 is 0 Å². The Balaban J connectivity index is 2.39. The van der Waals surface area contributed by atoms with Crippen LogP contribution >= 0.6 is 0 Å². The van der Waals surface area contributed by atoms with Gasteiger partial charge in [0.1, 0.15) is 0 Å². The Labute approximate surface area is 82.8 Å². The third kappa shape index (κ3) is 3.06. The van der Waals surface area contributed by atoms with E-state index in [1.165, 1.54) is 32.1 Å². The summed E-state index contributed by atoms with van der Waals surface area (Å²) >= 11 is 0. The summed E-state index contributed by atoms with van der Waals surface area (Å²) < 4.78 is 0. The number of hydrogen-bond donors (Lipinski definition) is 0. The van der Waals surface area contributed by atoms with E-state index in [-0.39, 0.29) is 0 Å². The SMILES string of the molecule is C/C=C\N(C)C(C)C1CCCCC1. The lowest BCUT2D eigenvalue weighted by Gasteiger charge is -2.33. The molecule has 1 saturated carbocycles. The lowest BCUT2D eigenvalue weighted by molar-refractivity contribution is 0.203. The van der Waals surface area contributed by atoms with Gasteiger partial charge in [0.25, 0.3) is 0 Å². The summed E-state index contributed by atoms with van der Waals surface area (Å²) in [5.41, 5.74) is 0. The standard InChI is InChI=1S/C12H23N/c1-4-10-13(3)11(2)12-8-6-5-7-9-12/h4,10-12H,5-9H2,1-3H3/b10-4-. The Morgan fingerprint density at radius 1 is 1.23 bits per heavy atom. The molecule has 1 fully saturated rings. The molecule has 0 amide bonds. The normalized spacial score (nSPS) is 22.1. The Kier molecular flexibility index (Phi) is 4.34. The third-order valence-electron chi connectivity index (χ3n) is 3.36. The number of hydrogen-bond acceptors (Lipinski definition) is 1. The minimum atomic E-state index is 0.719. The summed E-state index contributed by atoms with van der Waals surface area (Å²) in [6.07, 6.45) is 11.5. The predicted molar refractivity (Wildman–Crippen MR) is 58.6 cm³/mol. The van der Waals surface area contributed by atoms with Crippen molar-refractivity contribution in [3.05, 3.63) is 12.3 Å². The van der Waals surface area contributed by atoms with Gasteiger partial charge in [-0.1, -0.05) is 25.3 Å². The second-order valence-electron chi connectivity index (χ2n) is 4.29. The molecule has 1 unspecified atom stereocenters. The van der Waals surface area contributed by atoms with Gasteiger partial charge < -0.3 is 4.90 Å². The molecule has 1 atom stereocenters. The lowest BCUT2D eigenvalue weighted by Crippen LogP contribution is -2.32. The largest absolute Gasteiger partial charge is 0.378 e. The first-order chi connectivity index (χ1) is 6.25. The monoisotopic (exact) mass is 181 g/mol. The molecule has 13 heavy (non-hydrogen) atoms. The number of nitrogens with zero attached hydrogens (tertiary/aromatic N) is 1. The van der Waals surface area contributed by atoms with Crippen LogP contribution in [-0.2, 0) is 0 Å². The van der Waals surface area contributed by atoms with Crippen molar-refractivity contribution in [1.82, 2.24) is 4.90 Å². The number of rotatable bonds is 3. The fraction of sp³-hybridized carbons (Fsp3) is 0.833. The van der Waals surface area contributed by atoms with Gasteiger partial charge in [-0.2, -0.15) is 0 Å². The van der Waals surface area contributed by atoms with Crippen LogP contribution in [-0.4, -0.2) is 18.0 Å². The highest BCUT2D eigenvalue weighted by atomic mass is 15.1. The Bertz CT molecular complexity index is 157. The van der Waals surface area contributed by atoms with Crippen molar-refractivity contribution in [2.45, 2.75) is 52.0 Å². The highest BCUT2D eigenvalue weighted by Crippen LogP contribution is 2.28. The summed E-state index contributed by atoms with van der Waals surface area (Å²) in [7, 11) is 2.19. The van der Waals surface area contributed by atoms with E-state index >= 15 is 0 Å². The quantitative estimate of drug-likeness (QED) is 0.645. The fourth-order valence-electron chi connectivity index (χ4n) is 2.32. The van der Waals surface area contributed by atoms with Crippen LogP contribution in [0.5, 0.6) is 0 Å². The molecule has 1 aliphatic carbocycles. The maximum atomic E-state index is 2.36. The molecule has 0 spiro atoms. The van der Waals surface area contributed by atoms with Gasteiger partial charge in [0.05, 0.1) is 0 Å². The smallest absolute Gasteiger partial charge is 0.0280 e. The maximum Gasteiger partial charge on any atom is 0.0280 e. The molecule has 0 aromatic carbocycles. The van der Waals surface area contributed by atoms with Crippen LogP contribution in [0.15, 0.2) is 12.3 Å². The average Bonchev–Trinajstić information content (AvgIpc) is 2.18. The first-order valence-electron chi connectivity index (χ1n) is 5.60. The minimum absolute atomic E-state index is 0.719. The van der Waals surface area contributed by atoms with Crippen molar-refractivity contribution >= 4 is 0 Å². The van der Waals surface area contributed by atoms with E-state index in [0.717, 1.165) is 12.0 Å². The van der Waals surface area contributed by atoms with Gasteiger partial charge >= 0.3 is 0 Å². The average molecular weight is 181 g/mol. The van der Waals surface area contributed by atoms with Crippen molar-refractivity contribution in [2.75, 3.05) is 7.05 Å². The zero-order chi connectivity index (χ0) is 9.68. The maximum absolute atomic E-state index is 2.36. The van der Waals surface area contributed by atoms with Crippen molar-refractivity contribution < 1.29 is 0 Å². The van der Waals surface area contributed by atoms with Crippen molar-refractivity contribution in [2.24, 2.45) is 5.92 Å². The van der Waals surface area contributed by atoms with E-state index in [2.05, 4.69) is 38.1 Å². The molecule has 0 bridgehead atoms. The Morgan fingerprint density at radius 2 is 1.85 bits per heavy atom. The molecule has 0 aromatic rings. The van der Waals surface area contributed by atoms with Crippen molar-refractivity contribution in [1.29, 1.82) is 0 Å². The molecule has 76 valence electrons. The molecule has 0 aliphatic heterocycles. The summed E-state index contributed by atoms with van der Waals surface area (Å²) in [5.74, 6) is 0.926. The van der Waals surface area contributed by atoms with Crippen molar-refractivity contribution in [3.8, 4) is 0 Å². The molecule has 1 nitrogen and oxygen atoms in total. The molecule has 0 N–H and O–H groups in total. The van der Waals surface area contributed by atoms with E-state index in [9.17, 15) is 0 Å². The first kappa shape index (κ1) is 10.6. The second-order valence-corrected chi connectivity index (χ2v) is 4.29. The van der Waals surface area contributed by atoms with Gasteiger partial charge in [0.2, 0.25) is 0 Å². The zero-order valence-electron chi connectivity index (χ0n) is 9.29. The van der Waals surface area contributed by atoms with Gasteiger partial charge in [0.15, 0.2) is 0 Å². The first-order valence-corrected chi connectivity index (χ1v) is 5.60. The number of allylic oxidation sites excluding steroid dienone is 1. The van der Waals surface area contributed by atoms with Crippen molar-refractivity contribution in [3.63, 3.8) is 0 Å². The molecule has 1 rings (SSSR count). The zero-order valence-corrected chi connectivity index (χ0v) is 9.29. The van der Waals surface area contributed by atoms with Gasteiger partial charge in [-0.15, -0.1) is 0 Å². The van der Waals surface area contributed by atoms with E-state index in [0.29, 0.717) is 0 Å². The Morgan fingerprint density at radius 3 is 2.38 bits per heavy atom. The van der Waals surface area contributed by atoms with Gasteiger partial charge in [-0.05, 0) is 38.8 Å². The topological polar surface area (TPSA) is 3.24 Å². The van der Waals surface area contributed by atoms with Crippen LogP contribution in [0.3, 0.4) is 0 Å². The van der Waals surface area contributed by atoms with Gasteiger partial charge in [-0.25, -0.2) is 0 Å².